The van der Waals surface area contributed by atoms with Gasteiger partial charge in [-0.25, -0.2) is 9.37 Å². The Morgan fingerprint density at radius 3 is 2.88 bits per heavy atom. The molecule has 2 heterocycles. The number of aryl methyl sites for hydroxylation is 1. The monoisotopic (exact) mass is 354 g/mol. The lowest BCUT2D eigenvalue weighted by molar-refractivity contribution is -0.121. The van der Waals surface area contributed by atoms with Crippen molar-refractivity contribution in [3.05, 3.63) is 71.9 Å². The van der Waals surface area contributed by atoms with Crippen LogP contribution in [0.25, 0.3) is 11.3 Å². The van der Waals surface area contributed by atoms with Crippen molar-refractivity contribution in [2.24, 2.45) is 0 Å². The van der Waals surface area contributed by atoms with E-state index in [9.17, 15) is 9.18 Å². The molecule has 0 aliphatic rings. The molecular weight excluding hydrogens is 335 g/mol. The molecule has 5 nitrogen and oxygen atoms in total. The van der Waals surface area contributed by atoms with Crippen LogP contribution in [0, 0.1) is 5.82 Å². The first-order chi connectivity index (χ1) is 12.7. The molecule has 0 aliphatic heterocycles. The molecule has 3 aromatic rings. The molecule has 0 aliphatic carbocycles. The van der Waals surface area contributed by atoms with Crippen molar-refractivity contribution in [1.29, 1.82) is 0 Å². The normalized spacial score (nSPS) is 10.5. The van der Waals surface area contributed by atoms with Crippen LogP contribution in [-0.4, -0.2) is 18.0 Å². The number of aromatic nitrogens is 1. The third-order valence-corrected chi connectivity index (χ3v) is 3.90. The molecule has 0 saturated carbocycles. The maximum Gasteiger partial charge on any atom is 0.220 e. The van der Waals surface area contributed by atoms with Gasteiger partial charge in [0.2, 0.25) is 11.8 Å². The minimum Gasteiger partial charge on any atom is -0.481 e. The lowest BCUT2D eigenvalue weighted by Gasteiger charge is -2.06. The van der Waals surface area contributed by atoms with Crippen molar-refractivity contribution in [2.45, 2.75) is 19.4 Å². The van der Waals surface area contributed by atoms with Crippen LogP contribution in [-0.2, 0) is 17.8 Å². The number of nitrogens with zero attached hydrogens (tertiary/aromatic N) is 1. The van der Waals surface area contributed by atoms with Crippen molar-refractivity contribution >= 4 is 5.91 Å². The summed E-state index contributed by atoms with van der Waals surface area (Å²) in [6.07, 6.45) is 2.36. The third kappa shape index (κ3) is 4.47. The number of carbonyl (C=O) groups is 1. The Bertz CT molecular complexity index is 892. The molecule has 3 rings (SSSR count). The number of hydrogen-bond donors (Lipinski definition) is 1. The Hall–Kier alpha value is -3.15. The molecule has 0 atom stereocenters. The third-order valence-electron chi connectivity index (χ3n) is 3.90. The standard InChI is InChI=1S/C20H19FN2O3/c1-25-20-12-14(10-11-22-20)13-23-19(24)9-7-15-6-8-18(26-15)16-4-2-3-5-17(16)21/h2-6,8,10-12H,7,9,13H2,1H3,(H,23,24). The van der Waals surface area contributed by atoms with Crippen molar-refractivity contribution < 1.29 is 18.3 Å². The van der Waals surface area contributed by atoms with Crippen molar-refractivity contribution in [3.8, 4) is 17.2 Å². The van der Waals surface area contributed by atoms with E-state index in [1.807, 2.05) is 6.07 Å². The summed E-state index contributed by atoms with van der Waals surface area (Å²) < 4.78 is 24.5. The summed E-state index contributed by atoms with van der Waals surface area (Å²) in [4.78, 5) is 16.0. The maximum absolute atomic E-state index is 13.8. The van der Waals surface area contributed by atoms with Crippen LogP contribution in [0.5, 0.6) is 5.88 Å². The van der Waals surface area contributed by atoms with Gasteiger partial charge in [0.1, 0.15) is 17.3 Å². The molecule has 2 aromatic heterocycles. The molecule has 0 saturated heterocycles. The van der Waals surface area contributed by atoms with Crippen LogP contribution < -0.4 is 10.1 Å². The highest BCUT2D eigenvalue weighted by Gasteiger charge is 2.10. The van der Waals surface area contributed by atoms with Crippen LogP contribution in [0.4, 0.5) is 4.39 Å². The van der Waals surface area contributed by atoms with E-state index in [1.54, 1.807) is 49.7 Å². The SMILES string of the molecule is COc1cc(CNC(=O)CCc2ccc(-c3ccccc3F)o2)ccn1. The molecule has 26 heavy (non-hydrogen) atoms. The van der Waals surface area contributed by atoms with E-state index in [0.29, 0.717) is 35.9 Å². The van der Waals surface area contributed by atoms with Gasteiger partial charge >= 0.3 is 0 Å². The molecular formula is C20H19FN2O3. The number of amides is 1. The van der Waals surface area contributed by atoms with Gasteiger partial charge in [-0.05, 0) is 35.9 Å². The van der Waals surface area contributed by atoms with Crippen LogP contribution in [0.2, 0.25) is 0 Å². The minimum atomic E-state index is -0.334. The van der Waals surface area contributed by atoms with Crippen molar-refractivity contribution in [3.63, 3.8) is 0 Å². The largest absolute Gasteiger partial charge is 0.481 e. The molecule has 1 N–H and O–H groups in total. The second kappa shape index (κ2) is 8.29. The van der Waals surface area contributed by atoms with E-state index < -0.39 is 0 Å². The summed E-state index contributed by atoms with van der Waals surface area (Å²) in [7, 11) is 1.55. The fourth-order valence-corrected chi connectivity index (χ4v) is 2.52. The first-order valence-electron chi connectivity index (χ1n) is 8.25. The minimum absolute atomic E-state index is 0.0929. The average molecular weight is 354 g/mol. The number of hydrogen-bond acceptors (Lipinski definition) is 4. The predicted molar refractivity (Wildman–Crippen MR) is 95.1 cm³/mol. The summed E-state index contributed by atoms with van der Waals surface area (Å²) in [5, 5.41) is 2.84. The van der Waals surface area contributed by atoms with Gasteiger partial charge in [-0.2, -0.15) is 0 Å². The maximum atomic E-state index is 13.8. The molecule has 0 fully saturated rings. The smallest absolute Gasteiger partial charge is 0.220 e. The number of ether oxygens (including phenoxy) is 1. The molecule has 0 bridgehead atoms. The first-order valence-corrected chi connectivity index (χ1v) is 8.25. The molecule has 0 unspecified atom stereocenters. The van der Waals surface area contributed by atoms with Gasteiger partial charge < -0.3 is 14.5 Å². The van der Waals surface area contributed by atoms with Gasteiger partial charge in [0.25, 0.3) is 0 Å². The Labute approximate surface area is 150 Å². The van der Waals surface area contributed by atoms with Gasteiger partial charge in [-0.15, -0.1) is 0 Å². The summed E-state index contributed by atoms with van der Waals surface area (Å²) in [6.45, 7) is 0.399. The Morgan fingerprint density at radius 2 is 2.08 bits per heavy atom. The molecule has 0 radical (unpaired) electrons. The fourth-order valence-electron chi connectivity index (χ4n) is 2.52. The quantitative estimate of drug-likeness (QED) is 0.702. The highest BCUT2D eigenvalue weighted by atomic mass is 19.1. The van der Waals surface area contributed by atoms with E-state index in [1.165, 1.54) is 6.07 Å². The fraction of sp³-hybridized carbons (Fsp3) is 0.200. The van der Waals surface area contributed by atoms with Crippen molar-refractivity contribution in [1.82, 2.24) is 10.3 Å². The number of nitrogens with one attached hydrogen (secondary N) is 1. The van der Waals surface area contributed by atoms with Crippen molar-refractivity contribution in [2.75, 3.05) is 7.11 Å². The average Bonchev–Trinajstić information content (AvgIpc) is 3.14. The highest BCUT2D eigenvalue weighted by molar-refractivity contribution is 5.76. The zero-order valence-electron chi connectivity index (χ0n) is 14.4. The summed E-state index contributed by atoms with van der Waals surface area (Å²) in [5.74, 6) is 1.18. The van der Waals surface area contributed by atoms with Gasteiger partial charge in [-0.1, -0.05) is 12.1 Å². The van der Waals surface area contributed by atoms with E-state index in [2.05, 4.69) is 10.3 Å². The van der Waals surface area contributed by atoms with Crippen LogP contribution in [0.1, 0.15) is 17.7 Å². The summed E-state index contributed by atoms with van der Waals surface area (Å²) in [5.41, 5.74) is 1.32. The van der Waals surface area contributed by atoms with Gasteiger partial charge in [0.15, 0.2) is 0 Å². The second-order valence-electron chi connectivity index (χ2n) is 5.73. The first kappa shape index (κ1) is 17.7. The number of carbonyl (C=O) groups excluding carboxylic acids is 1. The number of rotatable bonds is 7. The topological polar surface area (TPSA) is 64.4 Å². The molecule has 1 aromatic carbocycles. The zero-order valence-corrected chi connectivity index (χ0v) is 14.4. The number of furan rings is 1. The molecule has 0 spiro atoms. The van der Waals surface area contributed by atoms with Crippen LogP contribution in [0.3, 0.4) is 0 Å². The highest BCUT2D eigenvalue weighted by Crippen LogP contribution is 2.25. The van der Waals surface area contributed by atoms with Gasteiger partial charge in [0.05, 0.1) is 12.7 Å². The zero-order chi connectivity index (χ0) is 18.4. The Balaban J connectivity index is 1.51. The van der Waals surface area contributed by atoms with Gasteiger partial charge in [-0.3, -0.25) is 4.79 Å². The van der Waals surface area contributed by atoms with E-state index in [4.69, 9.17) is 9.15 Å². The van der Waals surface area contributed by atoms with Crippen LogP contribution in [0.15, 0.2) is 59.1 Å². The second-order valence-corrected chi connectivity index (χ2v) is 5.73. The summed E-state index contributed by atoms with van der Waals surface area (Å²) >= 11 is 0. The van der Waals surface area contributed by atoms with Gasteiger partial charge in [0, 0.05) is 31.6 Å². The Kier molecular flexibility index (Phi) is 5.63. The molecule has 1 amide bonds. The van der Waals surface area contributed by atoms with Crippen LogP contribution >= 0.6 is 0 Å². The van der Waals surface area contributed by atoms with E-state index >= 15 is 0 Å². The number of methoxy groups -OCH3 is 1. The van der Waals surface area contributed by atoms with E-state index in [0.717, 1.165) is 5.56 Å². The lowest BCUT2D eigenvalue weighted by atomic mass is 10.1. The molecule has 6 heteroatoms. The number of halogens is 1. The number of pyridine rings is 1. The Morgan fingerprint density at radius 1 is 1.23 bits per heavy atom. The predicted octanol–water partition coefficient (Wildman–Crippen LogP) is 3.74. The summed E-state index contributed by atoms with van der Waals surface area (Å²) in [6, 6.07) is 13.5. The lowest BCUT2D eigenvalue weighted by Crippen LogP contribution is -2.23. The van der Waals surface area contributed by atoms with E-state index in [-0.39, 0.29) is 18.1 Å². The molecule has 134 valence electrons. The number of benzene rings is 1.